The fourth-order valence-corrected chi connectivity index (χ4v) is 5.46. The van der Waals surface area contributed by atoms with Gasteiger partial charge in [-0.3, -0.25) is 4.79 Å². The van der Waals surface area contributed by atoms with Gasteiger partial charge >= 0.3 is 6.18 Å². The second kappa shape index (κ2) is 10.2. The SMILES string of the molecule is CC1CCCC(CC(=O)Cc2cc(S(=O)(=O)NCC(F)(F)F)ccc2-c2ccccc2)C1. The van der Waals surface area contributed by atoms with E-state index >= 15 is 0 Å². The number of sulfonamides is 1. The second-order valence-corrected chi connectivity index (χ2v) is 10.4. The van der Waals surface area contributed by atoms with Crippen molar-refractivity contribution in [3.8, 4) is 11.1 Å². The quantitative estimate of drug-likeness (QED) is 0.556. The van der Waals surface area contributed by atoms with E-state index < -0.39 is 22.7 Å². The van der Waals surface area contributed by atoms with Gasteiger partial charge in [-0.2, -0.15) is 13.2 Å². The van der Waals surface area contributed by atoms with Crippen LogP contribution in [-0.4, -0.2) is 26.9 Å². The standard InChI is InChI=1S/C24H28F3NO3S/c1-17-6-5-7-18(12-17)13-21(29)14-20-15-22(32(30,31)28-16-24(25,26)27)10-11-23(20)19-8-3-2-4-9-19/h2-4,8-11,15,17-18,28H,5-7,12-14,16H2,1H3. The van der Waals surface area contributed by atoms with E-state index in [-0.39, 0.29) is 17.1 Å². The summed E-state index contributed by atoms with van der Waals surface area (Å²) in [5.74, 6) is 0.931. The first-order valence-corrected chi connectivity index (χ1v) is 12.3. The van der Waals surface area contributed by atoms with Gasteiger partial charge in [0.05, 0.1) is 4.90 Å². The Bertz CT molecular complexity index is 1040. The monoisotopic (exact) mass is 467 g/mol. The van der Waals surface area contributed by atoms with Crippen molar-refractivity contribution < 1.29 is 26.4 Å². The van der Waals surface area contributed by atoms with Gasteiger partial charge in [0.2, 0.25) is 10.0 Å². The molecule has 1 saturated carbocycles. The van der Waals surface area contributed by atoms with E-state index in [2.05, 4.69) is 6.92 Å². The Hall–Kier alpha value is -2.19. The molecule has 2 unspecified atom stereocenters. The number of carbonyl (C=O) groups is 1. The molecule has 8 heteroatoms. The highest BCUT2D eigenvalue weighted by Crippen LogP contribution is 2.32. The smallest absolute Gasteiger partial charge is 0.299 e. The normalized spacial score (nSPS) is 19.6. The summed E-state index contributed by atoms with van der Waals surface area (Å²) < 4.78 is 64.0. The summed E-state index contributed by atoms with van der Waals surface area (Å²) in [7, 11) is -4.37. The zero-order valence-electron chi connectivity index (χ0n) is 18.0. The molecule has 3 rings (SSSR count). The van der Waals surface area contributed by atoms with Gasteiger partial charge in [-0.25, -0.2) is 13.1 Å². The highest BCUT2D eigenvalue weighted by Gasteiger charge is 2.30. The Kier molecular flexibility index (Phi) is 7.77. The summed E-state index contributed by atoms with van der Waals surface area (Å²) in [6, 6.07) is 13.4. The number of halogens is 3. The van der Waals surface area contributed by atoms with Crippen molar-refractivity contribution in [1.82, 2.24) is 4.72 Å². The van der Waals surface area contributed by atoms with Crippen molar-refractivity contribution in [3.63, 3.8) is 0 Å². The number of hydrogen-bond donors (Lipinski definition) is 1. The molecule has 1 aliphatic rings. The molecule has 1 fully saturated rings. The zero-order chi connectivity index (χ0) is 23.4. The molecule has 0 radical (unpaired) electrons. The van der Waals surface area contributed by atoms with E-state index in [1.807, 2.05) is 30.3 Å². The molecular weight excluding hydrogens is 439 g/mol. The summed E-state index contributed by atoms with van der Waals surface area (Å²) in [6.45, 7) is 0.538. The Morgan fingerprint density at radius 2 is 1.81 bits per heavy atom. The Morgan fingerprint density at radius 3 is 2.47 bits per heavy atom. The number of carbonyl (C=O) groups excluding carboxylic acids is 1. The maximum atomic E-state index is 12.9. The second-order valence-electron chi connectivity index (χ2n) is 8.68. The Morgan fingerprint density at radius 1 is 1.09 bits per heavy atom. The first-order chi connectivity index (χ1) is 15.0. The molecule has 1 N–H and O–H groups in total. The van der Waals surface area contributed by atoms with E-state index in [9.17, 15) is 26.4 Å². The van der Waals surface area contributed by atoms with Gasteiger partial charge in [0.1, 0.15) is 12.3 Å². The molecule has 4 nitrogen and oxygen atoms in total. The molecular formula is C24H28F3NO3S. The van der Waals surface area contributed by atoms with Gasteiger partial charge in [-0.15, -0.1) is 0 Å². The molecule has 0 spiro atoms. The van der Waals surface area contributed by atoms with Crippen LogP contribution in [0.2, 0.25) is 0 Å². The molecule has 2 atom stereocenters. The topological polar surface area (TPSA) is 63.2 Å². The third-order valence-corrected chi connectivity index (χ3v) is 7.28. The van der Waals surface area contributed by atoms with Crippen LogP contribution >= 0.6 is 0 Å². The number of alkyl halides is 3. The summed E-state index contributed by atoms with van der Waals surface area (Å²) in [5.41, 5.74) is 2.01. The molecule has 174 valence electrons. The lowest BCUT2D eigenvalue weighted by Crippen LogP contribution is -2.33. The van der Waals surface area contributed by atoms with Gasteiger partial charge in [0.25, 0.3) is 0 Å². The minimum Gasteiger partial charge on any atom is -0.299 e. The lowest BCUT2D eigenvalue weighted by atomic mass is 9.79. The molecule has 1 aliphatic carbocycles. The zero-order valence-corrected chi connectivity index (χ0v) is 18.8. The third-order valence-electron chi connectivity index (χ3n) is 5.88. The number of ketones is 1. The maximum Gasteiger partial charge on any atom is 0.402 e. The summed E-state index contributed by atoms with van der Waals surface area (Å²) >= 11 is 0. The largest absolute Gasteiger partial charge is 0.402 e. The van der Waals surface area contributed by atoms with Crippen molar-refractivity contribution in [3.05, 3.63) is 54.1 Å². The van der Waals surface area contributed by atoms with E-state index in [0.29, 0.717) is 29.4 Å². The molecule has 0 bridgehead atoms. The molecule has 0 aromatic heterocycles. The van der Waals surface area contributed by atoms with Gasteiger partial charge in [-0.05, 0) is 47.1 Å². The van der Waals surface area contributed by atoms with Crippen LogP contribution < -0.4 is 4.72 Å². The van der Waals surface area contributed by atoms with E-state index in [1.54, 1.807) is 10.8 Å². The summed E-state index contributed by atoms with van der Waals surface area (Å²) in [4.78, 5) is 12.6. The van der Waals surface area contributed by atoms with E-state index in [1.165, 1.54) is 18.6 Å². The molecule has 0 heterocycles. The van der Waals surface area contributed by atoms with Crippen molar-refractivity contribution in [1.29, 1.82) is 0 Å². The molecule has 0 aliphatic heterocycles. The molecule has 0 saturated heterocycles. The number of rotatable bonds is 8. The van der Waals surface area contributed by atoms with Crippen LogP contribution in [0.4, 0.5) is 13.2 Å². The fourth-order valence-electron chi connectivity index (χ4n) is 4.39. The highest BCUT2D eigenvalue weighted by atomic mass is 32.2. The average Bonchev–Trinajstić information content (AvgIpc) is 2.72. The molecule has 0 amide bonds. The van der Waals surface area contributed by atoms with Crippen LogP contribution in [0.3, 0.4) is 0 Å². The van der Waals surface area contributed by atoms with E-state index in [0.717, 1.165) is 24.8 Å². The predicted octanol–water partition coefficient (Wildman–Crippen LogP) is 5.52. The van der Waals surface area contributed by atoms with E-state index in [4.69, 9.17) is 0 Å². The number of nitrogens with one attached hydrogen (secondary N) is 1. The van der Waals surface area contributed by atoms with Crippen LogP contribution in [0.5, 0.6) is 0 Å². The molecule has 2 aromatic carbocycles. The van der Waals surface area contributed by atoms with Gasteiger partial charge < -0.3 is 0 Å². The number of Topliss-reactive ketones (excluding diaryl/α,β-unsaturated/α-hetero) is 1. The fraction of sp³-hybridized carbons (Fsp3) is 0.458. The van der Waals surface area contributed by atoms with Crippen molar-refractivity contribution in [2.45, 2.75) is 56.5 Å². The highest BCUT2D eigenvalue weighted by molar-refractivity contribution is 7.89. The molecule has 2 aromatic rings. The Balaban J connectivity index is 1.87. The van der Waals surface area contributed by atoms with Gasteiger partial charge in [0, 0.05) is 12.8 Å². The van der Waals surface area contributed by atoms with Crippen LogP contribution in [0, 0.1) is 11.8 Å². The van der Waals surface area contributed by atoms with Crippen LogP contribution in [0.25, 0.3) is 11.1 Å². The first-order valence-electron chi connectivity index (χ1n) is 10.8. The number of hydrogen-bond acceptors (Lipinski definition) is 3. The van der Waals surface area contributed by atoms with Crippen LogP contribution in [0.1, 0.15) is 44.6 Å². The van der Waals surface area contributed by atoms with Crippen LogP contribution in [0.15, 0.2) is 53.4 Å². The Labute approximate surface area is 187 Å². The van der Waals surface area contributed by atoms with Gasteiger partial charge in [-0.1, -0.05) is 62.6 Å². The minimum absolute atomic E-state index is 0.0130. The first kappa shape index (κ1) is 24.5. The summed E-state index contributed by atoms with van der Waals surface area (Å²) in [5, 5.41) is 0. The number of benzene rings is 2. The lowest BCUT2D eigenvalue weighted by molar-refractivity contribution is -0.121. The minimum atomic E-state index is -4.66. The van der Waals surface area contributed by atoms with Crippen molar-refractivity contribution in [2.24, 2.45) is 11.8 Å². The van der Waals surface area contributed by atoms with Crippen LogP contribution in [-0.2, 0) is 21.2 Å². The average molecular weight is 468 g/mol. The maximum absolute atomic E-state index is 12.9. The predicted molar refractivity (Wildman–Crippen MR) is 118 cm³/mol. The third kappa shape index (κ3) is 6.90. The molecule has 32 heavy (non-hydrogen) atoms. The van der Waals surface area contributed by atoms with Crippen molar-refractivity contribution in [2.75, 3.05) is 6.54 Å². The lowest BCUT2D eigenvalue weighted by Gasteiger charge is -2.26. The summed E-state index contributed by atoms with van der Waals surface area (Å²) in [6.07, 6.45) is 0.109. The van der Waals surface area contributed by atoms with Crippen molar-refractivity contribution >= 4 is 15.8 Å². The van der Waals surface area contributed by atoms with Gasteiger partial charge in [0.15, 0.2) is 0 Å².